The first-order chi connectivity index (χ1) is 14.9. The molecular weight excluding hydrogens is 462 g/mol. The highest BCUT2D eigenvalue weighted by Gasteiger charge is 2.61. The van der Waals surface area contributed by atoms with E-state index >= 15 is 0 Å². The van der Waals surface area contributed by atoms with Crippen LogP contribution in [0, 0.1) is 23.7 Å². The van der Waals surface area contributed by atoms with Crippen molar-refractivity contribution in [2.75, 3.05) is 11.5 Å². The van der Waals surface area contributed by atoms with E-state index in [2.05, 4.69) is 15.9 Å². The highest BCUT2D eigenvalue weighted by atomic mass is 79.9. The van der Waals surface area contributed by atoms with Gasteiger partial charge < -0.3 is 4.74 Å². The second-order valence-electron chi connectivity index (χ2n) is 8.45. The third kappa shape index (κ3) is 3.41. The van der Waals surface area contributed by atoms with Crippen LogP contribution in [-0.4, -0.2) is 30.2 Å². The van der Waals surface area contributed by atoms with Crippen molar-refractivity contribution >= 4 is 45.2 Å². The number of amides is 2. The van der Waals surface area contributed by atoms with Crippen molar-refractivity contribution in [3.63, 3.8) is 0 Å². The molecule has 1 heterocycles. The summed E-state index contributed by atoms with van der Waals surface area (Å²) < 4.78 is 5.99. The minimum atomic E-state index is -0.633. The van der Waals surface area contributed by atoms with Crippen LogP contribution >= 0.6 is 15.9 Å². The Kier molecular flexibility index (Phi) is 5.01. The molecule has 1 saturated heterocycles. The number of ether oxygens (including phenoxy) is 1. The number of imide groups is 1. The molecule has 2 saturated carbocycles. The normalized spacial score (nSPS) is 26.3. The number of carbonyl (C=O) groups excluding carboxylic acids is 4. The third-order valence-electron chi connectivity index (χ3n) is 6.79. The Bertz CT molecular complexity index is 1050. The largest absolute Gasteiger partial charge is 0.454 e. The van der Waals surface area contributed by atoms with Crippen LogP contribution in [0.1, 0.15) is 40.0 Å². The molecule has 2 aromatic carbocycles. The standard InChI is InChI=1S/C24H20BrNO5/c25-17-7-3-13(4-8-17)19(27)12-31-24(30)14-5-9-18(10-6-14)26-22(28)20-15-1-2-16(11-15)21(20)23(26)29/h3-10,15-16,20-21H,1-2,11-12H2/t15-,16-,20-,21+/m1/s1. The number of halogens is 1. The number of Topliss-reactive ketones (excluding diaryl/α,β-unsaturated/α-hetero) is 1. The Morgan fingerprint density at radius 2 is 1.42 bits per heavy atom. The molecule has 1 aliphatic heterocycles. The fourth-order valence-corrected chi connectivity index (χ4v) is 5.61. The monoisotopic (exact) mass is 481 g/mol. The minimum absolute atomic E-state index is 0.113. The summed E-state index contributed by atoms with van der Waals surface area (Å²) in [5, 5.41) is 0. The lowest BCUT2D eigenvalue weighted by Crippen LogP contribution is -2.32. The van der Waals surface area contributed by atoms with Gasteiger partial charge in [-0.1, -0.05) is 28.1 Å². The number of hydrogen-bond donors (Lipinski definition) is 0. The molecule has 0 N–H and O–H groups in total. The third-order valence-corrected chi connectivity index (χ3v) is 7.32. The van der Waals surface area contributed by atoms with Gasteiger partial charge in [0.15, 0.2) is 12.4 Å². The van der Waals surface area contributed by atoms with E-state index in [0.29, 0.717) is 23.1 Å². The summed E-state index contributed by atoms with van der Waals surface area (Å²) in [6.07, 6.45) is 3.05. The summed E-state index contributed by atoms with van der Waals surface area (Å²) in [5.74, 6) is -0.864. The van der Waals surface area contributed by atoms with Crippen LogP contribution in [-0.2, 0) is 14.3 Å². The van der Waals surface area contributed by atoms with Crippen molar-refractivity contribution in [3.05, 3.63) is 64.1 Å². The zero-order valence-corrected chi connectivity index (χ0v) is 18.2. The van der Waals surface area contributed by atoms with Gasteiger partial charge in [-0.15, -0.1) is 0 Å². The number of rotatable bonds is 5. The average molecular weight is 482 g/mol. The highest BCUT2D eigenvalue weighted by molar-refractivity contribution is 9.10. The number of ketones is 1. The molecule has 2 amide bonds. The molecule has 6 nitrogen and oxygen atoms in total. The topological polar surface area (TPSA) is 80.8 Å². The second-order valence-corrected chi connectivity index (χ2v) is 9.37. The molecule has 2 bridgehead atoms. The van der Waals surface area contributed by atoms with Crippen LogP contribution in [0.3, 0.4) is 0 Å². The Labute approximate surface area is 187 Å². The molecule has 31 heavy (non-hydrogen) atoms. The van der Waals surface area contributed by atoms with E-state index in [-0.39, 0.29) is 41.6 Å². The second kappa shape index (κ2) is 7.71. The van der Waals surface area contributed by atoms with Crippen molar-refractivity contribution in [2.24, 2.45) is 23.7 Å². The average Bonchev–Trinajstić information content (AvgIpc) is 3.46. The summed E-state index contributed by atoms with van der Waals surface area (Å²) in [6.45, 7) is -0.364. The maximum atomic E-state index is 12.9. The van der Waals surface area contributed by atoms with E-state index in [1.54, 1.807) is 36.4 Å². The van der Waals surface area contributed by atoms with E-state index in [4.69, 9.17) is 4.74 Å². The molecule has 2 aromatic rings. The first-order valence-electron chi connectivity index (χ1n) is 10.4. The maximum absolute atomic E-state index is 12.9. The van der Waals surface area contributed by atoms with E-state index in [9.17, 15) is 19.2 Å². The molecule has 3 fully saturated rings. The Hall–Kier alpha value is -2.80. The van der Waals surface area contributed by atoms with Gasteiger partial charge in [0.1, 0.15) is 0 Å². The number of anilines is 1. The molecule has 4 atom stereocenters. The van der Waals surface area contributed by atoms with E-state index in [1.807, 2.05) is 0 Å². The van der Waals surface area contributed by atoms with E-state index < -0.39 is 5.97 Å². The fourth-order valence-electron chi connectivity index (χ4n) is 5.34. The number of esters is 1. The zero-order chi connectivity index (χ0) is 21.7. The van der Waals surface area contributed by atoms with Gasteiger partial charge >= 0.3 is 5.97 Å². The molecule has 0 spiro atoms. The first-order valence-corrected chi connectivity index (χ1v) is 11.2. The van der Waals surface area contributed by atoms with Crippen LogP contribution in [0.25, 0.3) is 0 Å². The number of benzene rings is 2. The summed E-state index contributed by atoms with van der Waals surface area (Å²) in [4.78, 5) is 51.6. The number of nitrogens with zero attached hydrogens (tertiary/aromatic N) is 1. The van der Waals surface area contributed by atoms with Gasteiger partial charge in [-0.2, -0.15) is 0 Å². The molecule has 0 unspecified atom stereocenters. The summed E-state index contributed by atoms with van der Waals surface area (Å²) >= 11 is 3.31. The lowest BCUT2D eigenvalue weighted by atomic mass is 9.81. The Morgan fingerprint density at radius 1 is 0.871 bits per heavy atom. The predicted octanol–water partition coefficient (Wildman–Crippen LogP) is 4.02. The molecule has 3 aliphatic rings. The first kappa shape index (κ1) is 20.1. The van der Waals surface area contributed by atoms with Crippen LogP contribution in [0.15, 0.2) is 53.0 Å². The van der Waals surface area contributed by atoms with Crippen molar-refractivity contribution in [1.82, 2.24) is 0 Å². The molecule has 7 heteroatoms. The van der Waals surface area contributed by atoms with Crippen molar-refractivity contribution in [3.8, 4) is 0 Å². The van der Waals surface area contributed by atoms with Crippen molar-refractivity contribution in [2.45, 2.75) is 19.3 Å². The summed E-state index contributed by atoms with van der Waals surface area (Å²) in [5.41, 5.74) is 1.19. The van der Waals surface area contributed by atoms with Crippen molar-refractivity contribution in [1.29, 1.82) is 0 Å². The van der Waals surface area contributed by atoms with Crippen LogP contribution < -0.4 is 4.90 Å². The van der Waals surface area contributed by atoms with Crippen LogP contribution in [0.4, 0.5) is 5.69 Å². The highest BCUT2D eigenvalue weighted by Crippen LogP contribution is 2.56. The molecule has 2 aliphatic carbocycles. The van der Waals surface area contributed by atoms with Crippen molar-refractivity contribution < 1.29 is 23.9 Å². The molecule has 158 valence electrons. The van der Waals surface area contributed by atoms with Crippen LogP contribution in [0.5, 0.6) is 0 Å². The van der Waals surface area contributed by atoms with E-state index in [1.165, 1.54) is 17.0 Å². The SMILES string of the molecule is O=C(COC(=O)c1ccc(N2C(=O)[C@@H]3[C@@H]4CC[C@H](C4)[C@@H]3C2=O)cc1)c1ccc(Br)cc1. The van der Waals surface area contributed by atoms with E-state index in [0.717, 1.165) is 23.7 Å². The van der Waals surface area contributed by atoms with Gasteiger partial charge in [0.05, 0.1) is 23.1 Å². The summed E-state index contributed by atoms with van der Waals surface area (Å²) in [6, 6.07) is 13.0. The molecule has 0 aromatic heterocycles. The lowest BCUT2D eigenvalue weighted by molar-refractivity contribution is -0.123. The smallest absolute Gasteiger partial charge is 0.338 e. The Morgan fingerprint density at radius 3 is 2.00 bits per heavy atom. The summed E-state index contributed by atoms with van der Waals surface area (Å²) in [7, 11) is 0. The lowest BCUT2D eigenvalue weighted by Gasteiger charge is -2.19. The predicted molar refractivity (Wildman–Crippen MR) is 116 cm³/mol. The molecule has 0 radical (unpaired) electrons. The number of fused-ring (bicyclic) bond motifs is 5. The minimum Gasteiger partial charge on any atom is -0.454 e. The maximum Gasteiger partial charge on any atom is 0.338 e. The fraction of sp³-hybridized carbons (Fsp3) is 0.333. The molecular formula is C24H20BrNO5. The van der Waals surface area contributed by atoms with Crippen LogP contribution in [0.2, 0.25) is 0 Å². The van der Waals surface area contributed by atoms with Gasteiger partial charge in [-0.05, 0) is 67.5 Å². The zero-order valence-electron chi connectivity index (χ0n) is 16.6. The van der Waals surface area contributed by atoms with Gasteiger partial charge in [-0.25, -0.2) is 4.79 Å². The van der Waals surface area contributed by atoms with Gasteiger partial charge in [-0.3, -0.25) is 19.3 Å². The van der Waals surface area contributed by atoms with Gasteiger partial charge in [0, 0.05) is 10.0 Å². The number of carbonyl (C=O) groups is 4. The molecule has 5 rings (SSSR count). The van der Waals surface area contributed by atoms with Gasteiger partial charge in [0.2, 0.25) is 11.8 Å². The quantitative estimate of drug-likeness (QED) is 0.365. The number of hydrogen-bond acceptors (Lipinski definition) is 5. The Balaban J connectivity index is 1.24. The van der Waals surface area contributed by atoms with Gasteiger partial charge in [0.25, 0.3) is 0 Å².